The molecule has 4 nitrogen and oxygen atoms in total. The van der Waals surface area contributed by atoms with Gasteiger partial charge >= 0.3 is 11.9 Å². The minimum absolute atomic E-state index is 0.000360. The Kier molecular flexibility index (Phi) is 4.05. The van der Waals surface area contributed by atoms with Gasteiger partial charge in [0.2, 0.25) is 0 Å². The normalized spacial score (nSPS) is 10.2. The molecule has 2 N–H and O–H groups in total. The summed E-state index contributed by atoms with van der Waals surface area (Å²) < 4.78 is 12.8. The third-order valence-corrected chi connectivity index (χ3v) is 3.57. The van der Waals surface area contributed by atoms with Gasteiger partial charge in [-0.05, 0) is 42.5 Å². The minimum atomic E-state index is -1.15. The van der Waals surface area contributed by atoms with Crippen LogP contribution in [0.15, 0.2) is 52.3 Å². The highest BCUT2D eigenvalue weighted by atomic mass is 32.2. The topological polar surface area (TPSA) is 74.6 Å². The lowest BCUT2D eigenvalue weighted by Gasteiger charge is -2.07. The molecule has 0 aliphatic rings. The molecule has 0 aliphatic carbocycles. The Morgan fingerprint density at radius 3 is 2.15 bits per heavy atom. The lowest BCUT2D eigenvalue weighted by Crippen LogP contribution is -2.02. The summed E-state index contributed by atoms with van der Waals surface area (Å²) in [5.74, 6) is -2.68. The molecule has 0 amide bonds. The molecule has 0 saturated carbocycles. The van der Waals surface area contributed by atoms with Gasteiger partial charge in [0.15, 0.2) is 0 Å². The molecule has 6 heteroatoms. The molecule has 0 saturated heterocycles. The van der Waals surface area contributed by atoms with Gasteiger partial charge in [0.1, 0.15) is 5.82 Å². The number of rotatable bonds is 4. The smallest absolute Gasteiger partial charge is 0.336 e. The van der Waals surface area contributed by atoms with Crippen molar-refractivity contribution in [1.82, 2.24) is 0 Å². The van der Waals surface area contributed by atoms with E-state index in [1.54, 1.807) is 0 Å². The van der Waals surface area contributed by atoms with Crippen molar-refractivity contribution in [2.45, 2.75) is 9.79 Å². The molecular formula is C14H9FO4S. The summed E-state index contributed by atoms with van der Waals surface area (Å²) in [6.45, 7) is 0. The second-order valence-electron chi connectivity index (χ2n) is 3.88. The molecule has 0 aromatic heterocycles. The van der Waals surface area contributed by atoms with E-state index in [4.69, 9.17) is 10.2 Å². The maximum absolute atomic E-state index is 12.8. The van der Waals surface area contributed by atoms with E-state index in [2.05, 4.69) is 0 Å². The summed E-state index contributed by atoms with van der Waals surface area (Å²) >= 11 is 1.07. The average Bonchev–Trinajstić information content (AvgIpc) is 2.41. The number of carboxylic acid groups (broad SMARTS) is 2. The molecule has 102 valence electrons. The average molecular weight is 292 g/mol. The fraction of sp³-hybridized carbons (Fsp3) is 0. The van der Waals surface area contributed by atoms with Crippen molar-refractivity contribution in [2.75, 3.05) is 0 Å². The zero-order chi connectivity index (χ0) is 14.7. The van der Waals surface area contributed by atoms with E-state index in [0.29, 0.717) is 9.79 Å². The summed E-state index contributed by atoms with van der Waals surface area (Å²) in [5.41, 5.74) is 0.00365. The van der Waals surface area contributed by atoms with Crippen LogP contribution in [0.3, 0.4) is 0 Å². The predicted octanol–water partition coefficient (Wildman–Crippen LogP) is 3.37. The van der Waals surface area contributed by atoms with E-state index >= 15 is 0 Å². The highest BCUT2D eigenvalue weighted by Gasteiger charge is 2.14. The third kappa shape index (κ3) is 3.16. The maximum Gasteiger partial charge on any atom is 0.336 e. The van der Waals surface area contributed by atoms with Gasteiger partial charge < -0.3 is 10.2 Å². The summed E-state index contributed by atoms with van der Waals surface area (Å²) in [6.07, 6.45) is 0. The molecular weight excluding hydrogens is 283 g/mol. The third-order valence-electron chi connectivity index (χ3n) is 2.50. The van der Waals surface area contributed by atoms with Crippen LogP contribution in [0.1, 0.15) is 20.7 Å². The number of hydrogen-bond acceptors (Lipinski definition) is 3. The largest absolute Gasteiger partial charge is 0.478 e. The van der Waals surface area contributed by atoms with Crippen LogP contribution in [0.5, 0.6) is 0 Å². The molecule has 2 aromatic rings. The predicted molar refractivity (Wildman–Crippen MR) is 70.9 cm³/mol. The molecule has 0 heterocycles. The van der Waals surface area contributed by atoms with Gasteiger partial charge in [-0.2, -0.15) is 0 Å². The SMILES string of the molecule is O=C(O)c1ccc(C(=O)O)c(Sc2ccc(F)cc2)c1. The molecule has 20 heavy (non-hydrogen) atoms. The van der Waals surface area contributed by atoms with E-state index in [0.717, 1.165) is 11.8 Å². The van der Waals surface area contributed by atoms with Gasteiger partial charge in [-0.3, -0.25) is 0 Å². The van der Waals surface area contributed by atoms with E-state index in [-0.39, 0.29) is 11.1 Å². The second-order valence-corrected chi connectivity index (χ2v) is 4.99. The molecule has 2 aromatic carbocycles. The molecule has 0 unspecified atom stereocenters. The second kappa shape index (κ2) is 5.75. The number of carbonyl (C=O) groups is 2. The first-order valence-electron chi connectivity index (χ1n) is 5.51. The molecule has 0 radical (unpaired) electrons. The summed E-state index contributed by atoms with van der Waals surface area (Å²) in [5, 5.41) is 18.0. The van der Waals surface area contributed by atoms with Crippen LogP contribution in [0.2, 0.25) is 0 Å². The van der Waals surface area contributed by atoms with Gasteiger partial charge in [0.05, 0.1) is 11.1 Å². The van der Waals surface area contributed by atoms with Crippen molar-refractivity contribution >= 4 is 23.7 Å². The van der Waals surface area contributed by atoms with Crippen LogP contribution in [-0.2, 0) is 0 Å². The van der Waals surface area contributed by atoms with Gasteiger partial charge in [-0.1, -0.05) is 11.8 Å². The van der Waals surface area contributed by atoms with Gasteiger partial charge in [-0.25, -0.2) is 14.0 Å². The minimum Gasteiger partial charge on any atom is -0.478 e. The monoisotopic (exact) mass is 292 g/mol. The van der Waals surface area contributed by atoms with Crippen LogP contribution >= 0.6 is 11.8 Å². The Labute approximate surface area is 117 Å². The first-order chi connectivity index (χ1) is 9.47. The molecule has 0 bridgehead atoms. The highest BCUT2D eigenvalue weighted by Crippen LogP contribution is 2.31. The molecule has 0 spiro atoms. The maximum atomic E-state index is 12.8. The number of carboxylic acids is 2. The van der Waals surface area contributed by atoms with E-state index in [1.807, 2.05) is 0 Å². The number of halogens is 1. The Bertz CT molecular complexity index is 667. The van der Waals surface area contributed by atoms with E-state index in [9.17, 15) is 14.0 Å². The van der Waals surface area contributed by atoms with Crippen molar-refractivity contribution in [1.29, 1.82) is 0 Å². The van der Waals surface area contributed by atoms with Crippen molar-refractivity contribution in [3.63, 3.8) is 0 Å². The number of benzene rings is 2. The summed E-state index contributed by atoms with van der Waals surface area (Å²) in [7, 11) is 0. The zero-order valence-electron chi connectivity index (χ0n) is 10.0. The van der Waals surface area contributed by atoms with Crippen LogP contribution in [-0.4, -0.2) is 22.2 Å². The zero-order valence-corrected chi connectivity index (χ0v) is 10.9. The van der Waals surface area contributed by atoms with Crippen LogP contribution in [0, 0.1) is 5.82 Å². The van der Waals surface area contributed by atoms with Crippen LogP contribution in [0.25, 0.3) is 0 Å². The highest BCUT2D eigenvalue weighted by molar-refractivity contribution is 7.99. The van der Waals surface area contributed by atoms with Crippen molar-refractivity contribution in [3.05, 3.63) is 59.4 Å². The van der Waals surface area contributed by atoms with Gasteiger partial charge in [-0.15, -0.1) is 0 Å². The van der Waals surface area contributed by atoms with Crippen LogP contribution in [0.4, 0.5) is 4.39 Å². The van der Waals surface area contributed by atoms with E-state index < -0.39 is 17.8 Å². The number of hydrogen-bond donors (Lipinski definition) is 2. The van der Waals surface area contributed by atoms with Crippen molar-refractivity contribution in [3.8, 4) is 0 Å². The van der Waals surface area contributed by atoms with E-state index in [1.165, 1.54) is 42.5 Å². The Morgan fingerprint density at radius 2 is 1.60 bits per heavy atom. The first kappa shape index (κ1) is 14.1. The molecule has 0 fully saturated rings. The Morgan fingerprint density at radius 1 is 0.950 bits per heavy atom. The standard InChI is InChI=1S/C14H9FO4S/c15-9-2-4-10(5-3-9)20-12-7-8(13(16)17)1-6-11(12)14(18)19/h1-7H,(H,16,17)(H,18,19). The Balaban J connectivity index is 2.41. The van der Waals surface area contributed by atoms with Crippen LogP contribution < -0.4 is 0 Å². The fourth-order valence-corrected chi connectivity index (χ4v) is 2.52. The lowest BCUT2D eigenvalue weighted by atomic mass is 10.1. The van der Waals surface area contributed by atoms with Gasteiger partial charge in [0, 0.05) is 9.79 Å². The molecule has 0 atom stereocenters. The fourth-order valence-electron chi connectivity index (χ4n) is 1.55. The molecule has 0 aliphatic heterocycles. The lowest BCUT2D eigenvalue weighted by molar-refractivity contribution is 0.0678. The summed E-state index contributed by atoms with van der Waals surface area (Å²) in [4.78, 5) is 23.0. The quantitative estimate of drug-likeness (QED) is 0.903. The van der Waals surface area contributed by atoms with Gasteiger partial charge in [0.25, 0.3) is 0 Å². The first-order valence-corrected chi connectivity index (χ1v) is 6.33. The summed E-state index contributed by atoms with van der Waals surface area (Å²) in [6, 6.07) is 9.28. The van der Waals surface area contributed by atoms with Crippen molar-refractivity contribution < 1.29 is 24.2 Å². The van der Waals surface area contributed by atoms with Crippen molar-refractivity contribution in [2.24, 2.45) is 0 Å². The molecule has 2 rings (SSSR count). The number of aromatic carboxylic acids is 2. The Hall–Kier alpha value is -2.34.